The van der Waals surface area contributed by atoms with E-state index in [1.54, 1.807) is 22.8 Å². The van der Waals surface area contributed by atoms with Gasteiger partial charge >= 0.3 is 6.03 Å². The molecule has 2 aromatic rings. The zero-order chi connectivity index (χ0) is 17.1. The van der Waals surface area contributed by atoms with Crippen molar-refractivity contribution in [2.45, 2.75) is 19.1 Å². The van der Waals surface area contributed by atoms with Crippen molar-refractivity contribution in [3.8, 4) is 11.5 Å². The number of nitrogens with one attached hydrogen (secondary N) is 1. The lowest BCUT2D eigenvalue weighted by molar-refractivity contribution is 0.0712. The highest BCUT2D eigenvalue weighted by molar-refractivity contribution is 5.74. The Morgan fingerprint density at radius 3 is 2.92 bits per heavy atom. The number of para-hydroxylation sites is 2. The van der Waals surface area contributed by atoms with Gasteiger partial charge < -0.3 is 24.3 Å². The molecular weight excluding hydrogens is 310 g/mol. The van der Waals surface area contributed by atoms with Gasteiger partial charge in [0.05, 0.1) is 12.6 Å². The zero-order valence-electron chi connectivity index (χ0n) is 14.0. The third-order valence-electron chi connectivity index (χ3n) is 3.87. The van der Waals surface area contributed by atoms with E-state index in [0.29, 0.717) is 24.7 Å². The summed E-state index contributed by atoms with van der Waals surface area (Å²) in [5, 5.41) is 10.7. The molecule has 0 saturated carbocycles. The first kappa shape index (κ1) is 16.1. The number of carbonyl (C=O) groups excluding carboxylic acids is 1. The molecule has 0 spiro atoms. The molecule has 128 valence electrons. The fourth-order valence-corrected chi connectivity index (χ4v) is 2.59. The Bertz CT molecular complexity index is 717. The molecule has 8 nitrogen and oxygen atoms in total. The summed E-state index contributed by atoms with van der Waals surface area (Å²) in [6.07, 6.45) is 1.40. The van der Waals surface area contributed by atoms with Gasteiger partial charge in [0.1, 0.15) is 12.9 Å². The van der Waals surface area contributed by atoms with Crippen molar-refractivity contribution in [3.05, 3.63) is 36.4 Å². The maximum atomic E-state index is 12.3. The Morgan fingerprint density at radius 2 is 2.21 bits per heavy atom. The molecule has 2 atom stereocenters. The maximum absolute atomic E-state index is 12.3. The molecule has 0 radical (unpaired) electrons. The fourth-order valence-electron chi connectivity index (χ4n) is 2.59. The summed E-state index contributed by atoms with van der Waals surface area (Å²) in [5.41, 5.74) is 0. The summed E-state index contributed by atoms with van der Waals surface area (Å²) < 4.78 is 13.3. The highest BCUT2D eigenvalue weighted by Crippen LogP contribution is 2.30. The van der Waals surface area contributed by atoms with Crippen LogP contribution >= 0.6 is 0 Å². The minimum absolute atomic E-state index is 0.201. The van der Waals surface area contributed by atoms with E-state index >= 15 is 0 Å². The first-order chi connectivity index (χ1) is 11.5. The largest absolute Gasteiger partial charge is 0.486 e. The van der Waals surface area contributed by atoms with Gasteiger partial charge in [-0.25, -0.2) is 4.79 Å². The number of ether oxygens (including phenoxy) is 2. The number of amides is 2. The molecule has 0 bridgehead atoms. The van der Waals surface area contributed by atoms with E-state index in [1.165, 1.54) is 0 Å². The van der Waals surface area contributed by atoms with Crippen molar-refractivity contribution in [3.63, 3.8) is 0 Å². The van der Waals surface area contributed by atoms with Crippen LogP contribution in [-0.2, 0) is 7.05 Å². The van der Waals surface area contributed by atoms with Gasteiger partial charge in [0.15, 0.2) is 23.4 Å². The summed E-state index contributed by atoms with van der Waals surface area (Å²) in [6.45, 7) is 2.70. The lowest BCUT2D eigenvalue weighted by atomic mass is 10.2. The number of fused-ring (bicyclic) bond motifs is 1. The number of nitrogens with zero attached hydrogens (tertiary/aromatic N) is 4. The van der Waals surface area contributed by atoms with Crippen LogP contribution in [0.1, 0.15) is 18.8 Å². The molecule has 0 fully saturated rings. The monoisotopic (exact) mass is 331 g/mol. The maximum Gasteiger partial charge on any atom is 0.317 e. The lowest BCUT2D eigenvalue weighted by Crippen LogP contribution is -2.46. The van der Waals surface area contributed by atoms with E-state index in [0.717, 1.165) is 5.75 Å². The summed E-state index contributed by atoms with van der Waals surface area (Å²) in [5.74, 6) is 2.13. The average molecular weight is 331 g/mol. The number of hydrogen-bond acceptors (Lipinski definition) is 5. The summed E-state index contributed by atoms with van der Waals surface area (Å²) in [6, 6.07) is 7.08. The molecule has 1 aliphatic heterocycles. The van der Waals surface area contributed by atoms with E-state index in [4.69, 9.17) is 9.47 Å². The molecular formula is C16H21N5O3. The van der Waals surface area contributed by atoms with E-state index in [9.17, 15) is 4.79 Å². The van der Waals surface area contributed by atoms with E-state index in [1.807, 2.05) is 38.2 Å². The van der Waals surface area contributed by atoms with Gasteiger partial charge in [-0.1, -0.05) is 12.1 Å². The predicted octanol–water partition coefficient (Wildman–Crippen LogP) is 1.36. The minimum atomic E-state index is -0.239. The fraction of sp³-hybridized carbons (Fsp3) is 0.438. The summed E-state index contributed by atoms with van der Waals surface area (Å²) >= 11 is 0. The highest BCUT2D eigenvalue weighted by atomic mass is 16.6. The molecule has 1 aliphatic rings. The smallest absolute Gasteiger partial charge is 0.317 e. The molecule has 2 amide bonds. The summed E-state index contributed by atoms with van der Waals surface area (Å²) in [7, 11) is 3.56. The van der Waals surface area contributed by atoms with Crippen LogP contribution in [-0.4, -0.2) is 52.0 Å². The quantitative estimate of drug-likeness (QED) is 0.915. The molecule has 0 aliphatic carbocycles. The molecule has 1 N–H and O–H groups in total. The predicted molar refractivity (Wildman–Crippen MR) is 86.9 cm³/mol. The number of aryl methyl sites for hydroxylation is 1. The Morgan fingerprint density at radius 1 is 1.46 bits per heavy atom. The number of hydrogen-bond donors (Lipinski definition) is 1. The van der Waals surface area contributed by atoms with Gasteiger partial charge in [0.2, 0.25) is 0 Å². The first-order valence-electron chi connectivity index (χ1n) is 7.78. The minimum Gasteiger partial charge on any atom is -0.486 e. The van der Waals surface area contributed by atoms with Crippen molar-refractivity contribution >= 4 is 6.03 Å². The van der Waals surface area contributed by atoms with Crippen molar-refractivity contribution < 1.29 is 14.3 Å². The molecule has 24 heavy (non-hydrogen) atoms. The van der Waals surface area contributed by atoms with Crippen LogP contribution in [0.4, 0.5) is 4.79 Å². The number of carbonyl (C=O) groups is 1. The van der Waals surface area contributed by atoms with Crippen molar-refractivity contribution in [2.24, 2.45) is 7.05 Å². The molecule has 2 heterocycles. The number of benzene rings is 1. The third-order valence-corrected chi connectivity index (χ3v) is 3.87. The number of likely N-dealkylation sites (N-methyl/N-ethyl adjacent to an activating group) is 1. The molecule has 0 unspecified atom stereocenters. The van der Waals surface area contributed by atoms with Crippen LogP contribution in [0.25, 0.3) is 0 Å². The molecule has 3 rings (SSSR count). The van der Waals surface area contributed by atoms with Crippen LogP contribution < -0.4 is 14.8 Å². The Labute approximate surface area is 140 Å². The first-order valence-corrected chi connectivity index (χ1v) is 7.78. The van der Waals surface area contributed by atoms with Crippen LogP contribution in [0.2, 0.25) is 0 Å². The molecule has 1 aromatic heterocycles. The Hall–Kier alpha value is -2.77. The second-order valence-corrected chi connectivity index (χ2v) is 5.85. The normalized spacial score (nSPS) is 17.2. The van der Waals surface area contributed by atoms with Crippen LogP contribution in [0, 0.1) is 0 Å². The lowest BCUT2D eigenvalue weighted by Gasteiger charge is -2.30. The van der Waals surface area contributed by atoms with Gasteiger partial charge in [0, 0.05) is 14.1 Å². The topological polar surface area (TPSA) is 81.5 Å². The van der Waals surface area contributed by atoms with Crippen molar-refractivity contribution in [1.29, 1.82) is 0 Å². The zero-order valence-corrected chi connectivity index (χ0v) is 14.0. The van der Waals surface area contributed by atoms with E-state index in [2.05, 4.69) is 15.5 Å². The SMILES string of the molecule is C[C@H](NC(=O)N(C)C[C@H]1COc2ccccc2O1)c1nncn1C. The Kier molecular flexibility index (Phi) is 4.54. The van der Waals surface area contributed by atoms with Gasteiger partial charge in [-0.3, -0.25) is 0 Å². The van der Waals surface area contributed by atoms with Crippen LogP contribution in [0.15, 0.2) is 30.6 Å². The van der Waals surface area contributed by atoms with Crippen LogP contribution in [0.3, 0.4) is 0 Å². The highest BCUT2D eigenvalue weighted by Gasteiger charge is 2.24. The van der Waals surface area contributed by atoms with E-state index in [-0.39, 0.29) is 18.2 Å². The van der Waals surface area contributed by atoms with Gasteiger partial charge in [-0.2, -0.15) is 0 Å². The standard InChI is InChI=1S/C16H21N5O3/c1-11(15-19-17-10-21(15)3)18-16(22)20(2)8-12-9-23-13-6-4-5-7-14(13)24-12/h4-7,10-12H,8-9H2,1-3H3,(H,18,22)/t11-,12-/m0/s1. The van der Waals surface area contributed by atoms with Gasteiger partial charge in [-0.05, 0) is 19.1 Å². The van der Waals surface area contributed by atoms with Crippen molar-refractivity contribution in [1.82, 2.24) is 25.0 Å². The molecule has 8 heteroatoms. The van der Waals surface area contributed by atoms with Gasteiger partial charge in [-0.15, -0.1) is 10.2 Å². The van der Waals surface area contributed by atoms with E-state index < -0.39 is 0 Å². The second-order valence-electron chi connectivity index (χ2n) is 5.85. The second kappa shape index (κ2) is 6.77. The van der Waals surface area contributed by atoms with Gasteiger partial charge in [0.25, 0.3) is 0 Å². The van der Waals surface area contributed by atoms with Crippen molar-refractivity contribution in [2.75, 3.05) is 20.2 Å². The summed E-state index contributed by atoms with van der Waals surface area (Å²) in [4.78, 5) is 13.9. The average Bonchev–Trinajstić information content (AvgIpc) is 3.00. The van der Waals surface area contributed by atoms with Crippen LogP contribution in [0.5, 0.6) is 11.5 Å². The number of aromatic nitrogens is 3. The number of rotatable bonds is 4. The Balaban J connectivity index is 1.54. The molecule has 0 saturated heterocycles. The number of urea groups is 1. The molecule has 1 aromatic carbocycles. The third kappa shape index (κ3) is 3.42.